The molecule has 0 spiro atoms. The third-order valence-electron chi connectivity index (χ3n) is 3.45. The zero-order valence-electron chi connectivity index (χ0n) is 13.4. The van der Waals surface area contributed by atoms with Crippen molar-refractivity contribution in [3.05, 3.63) is 28.3 Å². The van der Waals surface area contributed by atoms with Gasteiger partial charge in [-0.3, -0.25) is 10.1 Å². The number of hydrogen-bond acceptors (Lipinski definition) is 5. The van der Waals surface area contributed by atoms with Crippen LogP contribution in [0.2, 0.25) is 0 Å². The highest BCUT2D eigenvalue weighted by atomic mass is 32.2. The summed E-state index contributed by atoms with van der Waals surface area (Å²) in [5.74, 6) is 0.323. The molecule has 0 amide bonds. The highest BCUT2D eigenvalue weighted by Gasteiger charge is 2.29. The molecule has 22 heavy (non-hydrogen) atoms. The lowest BCUT2D eigenvalue weighted by Crippen LogP contribution is -2.36. The van der Waals surface area contributed by atoms with Crippen molar-refractivity contribution in [2.45, 2.75) is 38.1 Å². The molecule has 0 aliphatic rings. The Kier molecular flexibility index (Phi) is 5.90. The first-order valence-electron chi connectivity index (χ1n) is 6.91. The summed E-state index contributed by atoms with van der Waals surface area (Å²) >= 11 is 0. The third kappa shape index (κ3) is 3.95. The summed E-state index contributed by atoms with van der Waals surface area (Å²) in [5.41, 5.74) is -0.214. The van der Waals surface area contributed by atoms with Gasteiger partial charge in [0.15, 0.2) is 0 Å². The van der Waals surface area contributed by atoms with Crippen molar-refractivity contribution in [1.29, 1.82) is 0 Å². The Bertz CT molecular complexity index is 643. The molecule has 0 aliphatic carbocycles. The van der Waals surface area contributed by atoms with Gasteiger partial charge in [-0.2, -0.15) is 4.31 Å². The van der Waals surface area contributed by atoms with Crippen LogP contribution in [0.25, 0.3) is 0 Å². The Morgan fingerprint density at radius 1 is 1.32 bits per heavy atom. The molecular weight excluding hydrogens is 308 g/mol. The predicted molar refractivity (Wildman–Crippen MR) is 83.5 cm³/mol. The van der Waals surface area contributed by atoms with Crippen molar-refractivity contribution in [1.82, 2.24) is 4.31 Å². The molecule has 0 unspecified atom stereocenters. The van der Waals surface area contributed by atoms with E-state index in [0.29, 0.717) is 12.3 Å². The van der Waals surface area contributed by atoms with Crippen LogP contribution < -0.4 is 4.74 Å². The van der Waals surface area contributed by atoms with E-state index in [2.05, 4.69) is 0 Å². The van der Waals surface area contributed by atoms with Crippen LogP contribution in [0, 0.1) is 16.0 Å². The molecule has 0 bridgehead atoms. The third-order valence-corrected chi connectivity index (χ3v) is 5.46. The monoisotopic (exact) mass is 330 g/mol. The maximum atomic E-state index is 12.7. The first kappa shape index (κ1) is 18.4. The maximum Gasteiger partial charge on any atom is 0.273 e. The van der Waals surface area contributed by atoms with E-state index in [9.17, 15) is 18.5 Å². The maximum absolute atomic E-state index is 12.7. The fraction of sp³-hybridized carbons (Fsp3) is 0.571. The number of methoxy groups -OCH3 is 1. The van der Waals surface area contributed by atoms with Gasteiger partial charge < -0.3 is 4.74 Å². The second-order valence-corrected chi connectivity index (χ2v) is 7.56. The van der Waals surface area contributed by atoms with Crippen LogP contribution in [0.3, 0.4) is 0 Å². The summed E-state index contributed by atoms with van der Waals surface area (Å²) in [6.45, 7) is 5.86. The molecule has 7 nitrogen and oxygen atoms in total. The van der Waals surface area contributed by atoms with Gasteiger partial charge in [-0.1, -0.05) is 13.8 Å². The van der Waals surface area contributed by atoms with Crippen molar-refractivity contribution < 1.29 is 18.1 Å². The minimum absolute atomic E-state index is 0.0298. The minimum Gasteiger partial charge on any atom is -0.495 e. The average molecular weight is 330 g/mol. The second-order valence-electron chi connectivity index (χ2n) is 5.59. The number of hydrogen-bond donors (Lipinski definition) is 0. The van der Waals surface area contributed by atoms with Crippen molar-refractivity contribution in [3.8, 4) is 5.75 Å². The predicted octanol–water partition coefficient (Wildman–Crippen LogP) is 2.66. The summed E-state index contributed by atoms with van der Waals surface area (Å²) < 4.78 is 31.7. The zero-order valence-corrected chi connectivity index (χ0v) is 14.3. The molecule has 0 aliphatic heterocycles. The number of ether oxygens (including phenoxy) is 1. The fourth-order valence-electron chi connectivity index (χ4n) is 2.21. The molecule has 0 fully saturated rings. The first-order valence-corrected chi connectivity index (χ1v) is 8.35. The van der Waals surface area contributed by atoms with Crippen LogP contribution in [0.5, 0.6) is 5.75 Å². The minimum atomic E-state index is -3.78. The van der Waals surface area contributed by atoms with Crippen molar-refractivity contribution in [3.63, 3.8) is 0 Å². The Morgan fingerprint density at radius 3 is 2.36 bits per heavy atom. The summed E-state index contributed by atoms with van der Waals surface area (Å²) in [7, 11) is -0.993. The van der Waals surface area contributed by atoms with E-state index in [0.717, 1.165) is 12.1 Å². The van der Waals surface area contributed by atoms with Crippen LogP contribution in [-0.4, -0.2) is 37.8 Å². The Labute approximate surface area is 131 Å². The van der Waals surface area contributed by atoms with E-state index < -0.39 is 14.9 Å². The number of nitrogens with zero attached hydrogens (tertiary/aromatic N) is 2. The van der Waals surface area contributed by atoms with Crippen molar-refractivity contribution >= 4 is 15.7 Å². The topological polar surface area (TPSA) is 89.7 Å². The lowest BCUT2D eigenvalue weighted by molar-refractivity contribution is -0.385. The molecule has 0 heterocycles. The lowest BCUT2D eigenvalue weighted by atomic mass is 10.1. The van der Waals surface area contributed by atoms with E-state index >= 15 is 0 Å². The van der Waals surface area contributed by atoms with Gasteiger partial charge in [0.05, 0.1) is 18.1 Å². The molecule has 1 atom stereocenters. The zero-order chi connectivity index (χ0) is 17.1. The molecule has 1 aromatic carbocycles. The van der Waals surface area contributed by atoms with Gasteiger partial charge in [0.25, 0.3) is 5.69 Å². The van der Waals surface area contributed by atoms with Gasteiger partial charge in [-0.25, -0.2) is 8.42 Å². The van der Waals surface area contributed by atoms with Crippen LogP contribution in [0.15, 0.2) is 23.1 Å². The SMILES string of the molecule is COc1cc([N+](=O)[O-])ccc1S(=O)(=O)N(C)[C@H](C)CC(C)C. The quantitative estimate of drug-likeness (QED) is 0.566. The smallest absolute Gasteiger partial charge is 0.273 e. The van der Waals surface area contributed by atoms with Crippen LogP contribution in [0.4, 0.5) is 5.69 Å². The largest absolute Gasteiger partial charge is 0.495 e. The standard InChI is InChI=1S/C14H22N2O5S/c1-10(2)8-11(3)15(4)22(19,20)14-7-6-12(16(17)18)9-13(14)21-5/h6-7,9-11H,8H2,1-5H3/t11-/m1/s1. The molecule has 0 N–H and O–H groups in total. The van der Waals surface area contributed by atoms with Gasteiger partial charge in [0.2, 0.25) is 10.0 Å². The van der Waals surface area contributed by atoms with Crippen LogP contribution in [-0.2, 0) is 10.0 Å². The van der Waals surface area contributed by atoms with Crippen LogP contribution >= 0.6 is 0 Å². The number of rotatable bonds is 7. The summed E-state index contributed by atoms with van der Waals surface area (Å²) in [5, 5.41) is 10.8. The van der Waals surface area contributed by atoms with E-state index in [1.165, 1.54) is 24.5 Å². The number of nitro groups is 1. The summed E-state index contributed by atoms with van der Waals surface area (Å²) in [6, 6.07) is 3.31. The van der Waals surface area contributed by atoms with E-state index in [4.69, 9.17) is 4.74 Å². The molecule has 1 aromatic rings. The molecule has 8 heteroatoms. The summed E-state index contributed by atoms with van der Waals surface area (Å²) in [4.78, 5) is 10.1. The lowest BCUT2D eigenvalue weighted by Gasteiger charge is -2.26. The van der Waals surface area contributed by atoms with Gasteiger partial charge in [-0.15, -0.1) is 0 Å². The van der Waals surface area contributed by atoms with Gasteiger partial charge in [-0.05, 0) is 25.3 Å². The van der Waals surface area contributed by atoms with Gasteiger partial charge in [0.1, 0.15) is 10.6 Å². The molecule has 0 saturated carbocycles. The van der Waals surface area contributed by atoms with E-state index in [1.54, 1.807) is 0 Å². The van der Waals surface area contributed by atoms with Gasteiger partial charge >= 0.3 is 0 Å². The molecule has 124 valence electrons. The molecule has 0 saturated heterocycles. The molecular formula is C14H22N2O5S. The van der Waals surface area contributed by atoms with Crippen molar-refractivity contribution in [2.24, 2.45) is 5.92 Å². The number of benzene rings is 1. The Morgan fingerprint density at radius 2 is 1.91 bits per heavy atom. The Hall–Kier alpha value is -1.67. The fourth-order valence-corrected chi connectivity index (χ4v) is 3.71. The van der Waals surface area contributed by atoms with E-state index in [-0.39, 0.29) is 22.4 Å². The number of non-ortho nitro benzene ring substituents is 1. The van der Waals surface area contributed by atoms with Gasteiger partial charge in [0, 0.05) is 19.2 Å². The second kappa shape index (κ2) is 7.06. The average Bonchev–Trinajstić information content (AvgIpc) is 2.44. The first-order chi connectivity index (χ1) is 10.1. The highest BCUT2D eigenvalue weighted by molar-refractivity contribution is 7.89. The van der Waals surface area contributed by atoms with E-state index in [1.807, 2.05) is 20.8 Å². The summed E-state index contributed by atoms with van der Waals surface area (Å²) in [6.07, 6.45) is 0.713. The number of nitro benzene ring substituents is 1. The molecule has 0 radical (unpaired) electrons. The molecule has 1 rings (SSSR count). The molecule has 0 aromatic heterocycles. The Balaban J connectivity index is 3.25. The van der Waals surface area contributed by atoms with Crippen molar-refractivity contribution in [2.75, 3.05) is 14.2 Å². The number of sulfonamides is 1. The normalized spacial score (nSPS) is 13.4. The van der Waals surface area contributed by atoms with Crippen LogP contribution in [0.1, 0.15) is 27.2 Å². The highest BCUT2D eigenvalue weighted by Crippen LogP contribution is 2.31.